The Morgan fingerprint density at radius 1 is 1.44 bits per heavy atom. The van der Waals surface area contributed by atoms with Crippen LogP contribution in [0.25, 0.3) is 0 Å². The predicted octanol–water partition coefficient (Wildman–Crippen LogP) is 2.17. The van der Waals surface area contributed by atoms with Crippen molar-refractivity contribution in [3.8, 4) is 0 Å². The van der Waals surface area contributed by atoms with Crippen molar-refractivity contribution >= 4 is 11.6 Å². The van der Waals surface area contributed by atoms with Crippen LogP contribution < -0.4 is 5.32 Å². The topological polar surface area (TPSA) is 15.3 Å². The first-order valence-electron chi connectivity index (χ1n) is 5.29. The zero-order chi connectivity index (χ0) is 12.1. The average molecular weight is 245 g/mol. The van der Waals surface area contributed by atoms with Crippen LogP contribution in [-0.2, 0) is 6.42 Å². The Balaban J connectivity index is 2.70. The van der Waals surface area contributed by atoms with Crippen LogP contribution >= 0.6 is 11.6 Å². The molecule has 1 N–H and O–H groups in total. The van der Waals surface area contributed by atoms with Gasteiger partial charge in [-0.05, 0) is 45.3 Å². The lowest BCUT2D eigenvalue weighted by atomic mass is 10.1. The number of benzene rings is 1. The fourth-order valence-electron chi connectivity index (χ4n) is 1.65. The van der Waals surface area contributed by atoms with Gasteiger partial charge in [-0.2, -0.15) is 0 Å². The molecule has 16 heavy (non-hydrogen) atoms. The molecule has 0 saturated heterocycles. The maximum atomic E-state index is 13.6. The summed E-state index contributed by atoms with van der Waals surface area (Å²) in [4.78, 5) is 2.08. The molecule has 0 aliphatic heterocycles. The van der Waals surface area contributed by atoms with Crippen molar-refractivity contribution in [2.75, 3.05) is 27.7 Å². The Labute approximate surface area is 101 Å². The third-order valence-electron chi connectivity index (χ3n) is 2.48. The van der Waals surface area contributed by atoms with Gasteiger partial charge in [0, 0.05) is 17.6 Å². The van der Waals surface area contributed by atoms with Crippen molar-refractivity contribution in [3.63, 3.8) is 0 Å². The normalized spacial score (nSPS) is 13.1. The number of hydrogen-bond donors (Lipinski definition) is 1. The summed E-state index contributed by atoms with van der Waals surface area (Å²) in [5.74, 6) is -0.230. The van der Waals surface area contributed by atoms with Gasteiger partial charge >= 0.3 is 0 Å². The van der Waals surface area contributed by atoms with E-state index >= 15 is 0 Å². The Kier molecular flexibility index (Phi) is 5.19. The van der Waals surface area contributed by atoms with E-state index in [9.17, 15) is 4.39 Å². The van der Waals surface area contributed by atoms with Crippen molar-refractivity contribution in [2.24, 2.45) is 0 Å². The van der Waals surface area contributed by atoms with Crippen LogP contribution in [0.15, 0.2) is 18.2 Å². The molecule has 0 aliphatic carbocycles. The maximum Gasteiger partial charge on any atom is 0.127 e. The summed E-state index contributed by atoms with van der Waals surface area (Å²) in [6.07, 6.45) is 0.664. The van der Waals surface area contributed by atoms with Crippen LogP contribution in [0.4, 0.5) is 4.39 Å². The van der Waals surface area contributed by atoms with Crippen molar-refractivity contribution in [3.05, 3.63) is 34.6 Å². The molecular formula is C12H18ClFN2. The molecule has 1 atom stereocenters. The van der Waals surface area contributed by atoms with E-state index in [-0.39, 0.29) is 11.9 Å². The first-order valence-corrected chi connectivity index (χ1v) is 5.66. The second-order valence-electron chi connectivity index (χ2n) is 4.19. The average Bonchev–Trinajstić information content (AvgIpc) is 2.20. The number of hydrogen-bond acceptors (Lipinski definition) is 2. The zero-order valence-electron chi connectivity index (χ0n) is 9.93. The fraction of sp³-hybridized carbons (Fsp3) is 0.500. The summed E-state index contributed by atoms with van der Waals surface area (Å²) < 4.78 is 13.6. The molecule has 0 bridgehead atoms. The summed E-state index contributed by atoms with van der Waals surface area (Å²) in [6, 6.07) is 5.07. The van der Waals surface area contributed by atoms with Crippen LogP contribution in [0, 0.1) is 5.82 Å². The molecule has 4 heteroatoms. The quantitative estimate of drug-likeness (QED) is 0.854. The van der Waals surface area contributed by atoms with Crippen molar-refractivity contribution in [2.45, 2.75) is 12.5 Å². The third kappa shape index (κ3) is 4.08. The molecule has 90 valence electrons. The maximum absolute atomic E-state index is 13.6. The standard InChI is InChI=1S/C12H18ClFN2/c1-15-11(8-16(2)3)6-9-4-5-10(13)7-12(9)14/h4-5,7,11,15H,6,8H2,1-3H3. The highest BCUT2D eigenvalue weighted by Crippen LogP contribution is 2.16. The van der Waals surface area contributed by atoms with E-state index in [2.05, 4.69) is 10.2 Å². The van der Waals surface area contributed by atoms with Crippen LogP contribution in [-0.4, -0.2) is 38.6 Å². The van der Waals surface area contributed by atoms with Gasteiger partial charge in [0.1, 0.15) is 5.82 Å². The molecule has 1 aromatic carbocycles. The zero-order valence-corrected chi connectivity index (χ0v) is 10.7. The second-order valence-corrected chi connectivity index (χ2v) is 4.62. The van der Waals surface area contributed by atoms with E-state index < -0.39 is 0 Å². The summed E-state index contributed by atoms with van der Waals surface area (Å²) in [5, 5.41) is 3.62. The van der Waals surface area contributed by atoms with Crippen LogP contribution in [0.1, 0.15) is 5.56 Å². The molecule has 1 unspecified atom stereocenters. The van der Waals surface area contributed by atoms with Crippen LogP contribution in [0.2, 0.25) is 5.02 Å². The molecule has 1 rings (SSSR count). The van der Waals surface area contributed by atoms with Gasteiger partial charge in [0.05, 0.1) is 0 Å². The van der Waals surface area contributed by atoms with E-state index in [1.165, 1.54) is 6.07 Å². The Hall–Kier alpha value is -0.640. The molecule has 0 amide bonds. The lowest BCUT2D eigenvalue weighted by molar-refractivity contribution is 0.345. The molecule has 0 saturated carbocycles. The van der Waals surface area contributed by atoms with Crippen molar-refractivity contribution in [1.29, 1.82) is 0 Å². The molecule has 1 aromatic rings. The van der Waals surface area contributed by atoms with E-state index in [4.69, 9.17) is 11.6 Å². The van der Waals surface area contributed by atoms with Gasteiger partial charge in [0.2, 0.25) is 0 Å². The minimum absolute atomic E-state index is 0.230. The fourth-order valence-corrected chi connectivity index (χ4v) is 1.81. The second kappa shape index (κ2) is 6.18. The summed E-state index contributed by atoms with van der Waals surface area (Å²) >= 11 is 5.71. The van der Waals surface area contributed by atoms with E-state index in [0.717, 1.165) is 6.54 Å². The van der Waals surface area contributed by atoms with E-state index in [1.54, 1.807) is 12.1 Å². The van der Waals surface area contributed by atoms with E-state index in [1.807, 2.05) is 21.1 Å². The van der Waals surface area contributed by atoms with Gasteiger partial charge in [-0.25, -0.2) is 4.39 Å². The number of halogens is 2. The molecular weight excluding hydrogens is 227 g/mol. The van der Waals surface area contributed by atoms with Gasteiger partial charge in [-0.15, -0.1) is 0 Å². The molecule has 2 nitrogen and oxygen atoms in total. The van der Waals surface area contributed by atoms with Gasteiger partial charge in [-0.3, -0.25) is 0 Å². The number of nitrogens with one attached hydrogen (secondary N) is 1. The SMILES string of the molecule is CNC(Cc1ccc(Cl)cc1F)CN(C)C. The third-order valence-corrected chi connectivity index (χ3v) is 2.71. The minimum atomic E-state index is -0.230. The highest BCUT2D eigenvalue weighted by molar-refractivity contribution is 6.30. The molecule has 0 heterocycles. The predicted molar refractivity (Wildman–Crippen MR) is 66.5 cm³/mol. The first-order chi connectivity index (χ1) is 7.52. The summed E-state index contributed by atoms with van der Waals surface area (Å²) in [5.41, 5.74) is 0.700. The first kappa shape index (κ1) is 13.4. The van der Waals surface area contributed by atoms with Gasteiger partial charge in [-0.1, -0.05) is 17.7 Å². The molecule has 0 spiro atoms. The molecule has 0 aliphatic rings. The summed E-state index contributed by atoms with van der Waals surface area (Å²) in [6.45, 7) is 0.874. The van der Waals surface area contributed by atoms with Gasteiger partial charge in [0.25, 0.3) is 0 Å². The van der Waals surface area contributed by atoms with Gasteiger partial charge < -0.3 is 10.2 Å². The molecule has 0 fully saturated rings. The monoisotopic (exact) mass is 244 g/mol. The van der Waals surface area contributed by atoms with E-state index in [0.29, 0.717) is 17.0 Å². The number of rotatable bonds is 5. The Morgan fingerprint density at radius 3 is 2.62 bits per heavy atom. The number of nitrogens with zero attached hydrogens (tertiary/aromatic N) is 1. The number of likely N-dealkylation sites (N-methyl/N-ethyl adjacent to an activating group) is 2. The van der Waals surface area contributed by atoms with Crippen molar-refractivity contribution in [1.82, 2.24) is 10.2 Å². The minimum Gasteiger partial charge on any atom is -0.315 e. The Bertz CT molecular complexity index is 342. The van der Waals surface area contributed by atoms with Crippen molar-refractivity contribution < 1.29 is 4.39 Å². The summed E-state index contributed by atoms with van der Waals surface area (Å²) in [7, 11) is 5.90. The highest BCUT2D eigenvalue weighted by Gasteiger charge is 2.11. The largest absolute Gasteiger partial charge is 0.315 e. The van der Waals surface area contributed by atoms with Crippen LogP contribution in [0.3, 0.4) is 0 Å². The highest BCUT2D eigenvalue weighted by atomic mass is 35.5. The lowest BCUT2D eigenvalue weighted by Crippen LogP contribution is -2.37. The molecule has 0 radical (unpaired) electrons. The lowest BCUT2D eigenvalue weighted by Gasteiger charge is -2.20. The smallest absolute Gasteiger partial charge is 0.127 e. The Morgan fingerprint density at radius 2 is 2.12 bits per heavy atom. The molecule has 0 aromatic heterocycles. The van der Waals surface area contributed by atoms with Gasteiger partial charge in [0.15, 0.2) is 0 Å². The van der Waals surface area contributed by atoms with Crippen LogP contribution in [0.5, 0.6) is 0 Å².